The number of ketones is 4. The number of hydrogen-bond acceptors (Lipinski definition) is 16. The maximum absolute atomic E-state index is 12.3. The van der Waals surface area contributed by atoms with E-state index in [4.69, 9.17) is 17.0 Å². The number of epoxide rings is 1. The van der Waals surface area contributed by atoms with Crippen molar-refractivity contribution in [2.24, 2.45) is 127 Å². The molecule has 0 aromatic heterocycles. The average Bonchev–Trinajstić information content (AvgIpc) is 1.50. The van der Waals surface area contributed by atoms with Crippen molar-refractivity contribution in [3.63, 3.8) is 0 Å². The smallest absolute Gasteiger partial charge is 0.237 e. The first-order valence-electron chi connectivity index (χ1n) is 51.5. The molecule has 22 rings (SSSR count). The van der Waals surface area contributed by atoms with E-state index in [1.54, 1.807) is 50.2 Å². The van der Waals surface area contributed by atoms with Gasteiger partial charge in [0, 0.05) is 40.9 Å². The summed E-state index contributed by atoms with van der Waals surface area (Å²) in [7, 11) is 0. The SMILES string of the molecule is CC(=O)C1(O)CCC2C3C=C(C)C4=CC(=O)CCC4(C)C3CCC21C.CC(=O)C1(O)CCC2C3CC(C)C4=CC(=O)CCC4(C)C3CCC21.CC12CCC3C(CCC4CC5SC5CC43C)C1CCC2O.CCC(c1ccc(O)cc1)C(CC)c1ccc(O)cc1.CCC1(c2ccc(N)cc2)CCC(=O)NC1=O.[C-]#[N+]C1=C(O)C2OC23CCC2C4CCC(O)C4(C)CCC2C3(C)C1. The van der Waals surface area contributed by atoms with Gasteiger partial charge in [-0.25, -0.2) is 4.85 Å². The number of fused-ring (bicyclic) bond motifs is 20. The number of imide groups is 1. The number of phenols is 2. The molecule has 0 bridgehead atoms. The Kier molecular flexibility index (Phi) is 25.9. The molecule has 3 aliphatic heterocycles. The van der Waals surface area contributed by atoms with Crippen LogP contribution in [-0.4, -0.2) is 116 Å². The minimum absolute atomic E-state index is 0.0105. The van der Waals surface area contributed by atoms with Crippen molar-refractivity contribution >= 4 is 52.4 Å². The van der Waals surface area contributed by atoms with Crippen LogP contribution in [0.15, 0.2) is 119 Å². The summed E-state index contributed by atoms with van der Waals surface area (Å²) >= 11 is 2.28. The first-order valence-corrected chi connectivity index (χ1v) is 52.4. The third-order valence-corrected chi connectivity index (χ3v) is 43.6. The van der Waals surface area contributed by atoms with Crippen molar-refractivity contribution in [2.45, 2.75) is 372 Å². The van der Waals surface area contributed by atoms with E-state index in [2.05, 4.69) is 104 Å². The molecule has 2 amide bonds. The number of nitrogen functional groups attached to an aromatic ring is 1. The van der Waals surface area contributed by atoms with Crippen molar-refractivity contribution < 1.29 is 69.2 Å². The molecule has 10 N–H and O–H groups in total. The Bertz CT molecular complexity index is 5020. The van der Waals surface area contributed by atoms with E-state index < -0.39 is 16.6 Å². The number of benzene rings is 3. The quantitative estimate of drug-likeness (QED) is 0.0416. The number of rotatable bonds is 9. The highest BCUT2D eigenvalue weighted by Crippen LogP contribution is 2.76. The van der Waals surface area contributed by atoms with Crippen LogP contribution < -0.4 is 11.1 Å². The van der Waals surface area contributed by atoms with Gasteiger partial charge in [-0.1, -0.05) is 130 Å². The zero-order valence-corrected chi connectivity index (χ0v) is 81.9. The van der Waals surface area contributed by atoms with Gasteiger partial charge in [-0.15, -0.1) is 0 Å². The fraction of sp³-hybridized carbons (Fsp3) is 0.708. The molecular weight excluding hydrogens is 1660 g/mol. The zero-order valence-electron chi connectivity index (χ0n) is 81.1. The molecule has 16 aliphatic carbocycles. The Hall–Kier alpha value is -6.72. The lowest BCUT2D eigenvalue weighted by Gasteiger charge is -2.60. The van der Waals surface area contributed by atoms with Gasteiger partial charge in [0.1, 0.15) is 40.2 Å². The van der Waals surface area contributed by atoms with Crippen molar-refractivity contribution in [1.29, 1.82) is 0 Å². The summed E-state index contributed by atoms with van der Waals surface area (Å²) in [5, 5.41) is 76.9. The predicted molar refractivity (Wildman–Crippen MR) is 514 cm³/mol. The third kappa shape index (κ3) is 15.8. The summed E-state index contributed by atoms with van der Waals surface area (Å²) < 4.78 is 6.12. The van der Waals surface area contributed by atoms with Crippen molar-refractivity contribution in [2.75, 3.05) is 5.73 Å². The molecule has 1 spiro atoms. The lowest BCUT2D eigenvalue weighted by atomic mass is 9.45. The number of piperidine rings is 1. The van der Waals surface area contributed by atoms with Gasteiger partial charge in [-0.3, -0.25) is 34.1 Å². The number of carbonyl (C=O) groups is 6. The number of anilines is 1. The number of carbonyl (C=O) groups excluding carboxylic acids is 6. The van der Waals surface area contributed by atoms with Gasteiger partial charge in [0.2, 0.25) is 17.5 Å². The molecule has 3 aromatic rings. The lowest BCUT2D eigenvalue weighted by Crippen LogP contribution is -2.57. The minimum atomic E-state index is -1.16. The number of thioether (sulfide) groups is 1. The maximum atomic E-state index is 12.3. The van der Waals surface area contributed by atoms with Crippen LogP contribution in [0.25, 0.3) is 4.85 Å². The van der Waals surface area contributed by atoms with Crippen LogP contribution >= 0.6 is 11.8 Å². The topological polar surface area (TPSA) is 299 Å². The number of nitrogens with one attached hydrogen (secondary N) is 1. The summed E-state index contributed by atoms with van der Waals surface area (Å²) in [5.74, 6) is 10.8. The predicted octanol–water partition coefficient (Wildman–Crippen LogP) is 22.1. The zero-order chi connectivity index (χ0) is 93.8. The maximum Gasteiger partial charge on any atom is 0.237 e. The molecule has 15 fully saturated rings. The summed E-state index contributed by atoms with van der Waals surface area (Å²) in [6.45, 7) is 37.9. The highest BCUT2D eigenvalue weighted by Gasteiger charge is 2.77. The molecule has 131 heavy (non-hydrogen) atoms. The number of hydrogen-bond donors (Lipinski definition) is 9. The number of Topliss-reactive ketones (excluding diaryl/α,β-unsaturated/α-hetero) is 2. The Balaban J connectivity index is 0.000000110. The molecule has 19 aliphatic rings. The Labute approximate surface area is 785 Å². The van der Waals surface area contributed by atoms with Crippen LogP contribution in [0, 0.1) is 133 Å². The Morgan fingerprint density at radius 3 is 1.70 bits per heavy atom. The highest BCUT2D eigenvalue weighted by molar-refractivity contribution is 8.07. The number of aromatic hydroxyl groups is 2. The first kappa shape index (κ1) is 96.0. The number of phenolic OH excluding ortho intramolecular Hbond substituents is 2. The third-order valence-electron chi connectivity index (χ3n) is 42.2. The van der Waals surface area contributed by atoms with Crippen LogP contribution in [0.4, 0.5) is 5.69 Å². The summed E-state index contributed by atoms with van der Waals surface area (Å²) in [6, 6.07) is 22.3. The Morgan fingerprint density at radius 1 is 0.557 bits per heavy atom. The van der Waals surface area contributed by atoms with Gasteiger partial charge < -0.3 is 46.2 Å². The van der Waals surface area contributed by atoms with Gasteiger partial charge in [0.05, 0.1) is 24.2 Å². The fourth-order valence-corrected chi connectivity index (χ4v) is 35.8. The molecule has 12 saturated carbocycles. The molecule has 18 heteroatoms. The highest BCUT2D eigenvalue weighted by atomic mass is 32.2. The number of amides is 2. The van der Waals surface area contributed by atoms with E-state index in [-0.39, 0.29) is 97.2 Å². The molecule has 3 heterocycles. The van der Waals surface area contributed by atoms with E-state index in [9.17, 15) is 64.5 Å². The Morgan fingerprint density at radius 2 is 1.11 bits per heavy atom. The van der Waals surface area contributed by atoms with Gasteiger partial charge in [0.25, 0.3) is 0 Å². The molecular formula is C113H155N3O14S. The van der Waals surface area contributed by atoms with Crippen molar-refractivity contribution in [1.82, 2.24) is 5.32 Å². The average molecular weight is 1810 g/mol. The summed E-state index contributed by atoms with van der Waals surface area (Å²) in [4.78, 5) is 75.2. The molecule has 17 nitrogen and oxygen atoms in total. The molecule has 3 aromatic carbocycles. The van der Waals surface area contributed by atoms with E-state index in [0.29, 0.717) is 156 Å². The van der Waals surface area contributed by atoms with Crippen LogP contribution in [-0.2, 0) is 38.9 Å². The van der Waals surface area contributed by atoms with E-state index in [1.165, 1.54) is 72.8 Å². The van der Waals surface area contributed by atoms with E-state index in [0.717, 1.165) is 155 Å². The minimum Gasteiger partial charge on any atom is -0.521 e. The second kappa shape index (κ2) is 35.4. The second-order valence-corrected chi connectivity index (χ2v) is 48.8. The monoisotopic (exact) mass is 1810 g/mol. The van der Waals surface area contributed by atoms with Gasteiger partial charge in [-0.2, -0.15) is 11.8 Å². The number of allylic oxidation sites excluding steroid dienone is 6. The largest absolute Gasteiger partial charge is 0.521 e. The number of ether oxygens (including phenoxy) is 1. The number of nitrogens with two attached hydrogens (primary N) is 1. The molecule has 3 saturated heterocycles. The molecule has 33 atom stereocenters. The summed E-state index contributed by atoms with van der Waals surface area (Å²) in [6.07, 6.45) is 39.2. The van der Waals surface area contributed by atoms with E-state index in [1.807, 2.05) is 55.5 Å². The fourth-order valence-electron chi connectivity index (χ4n) is 34.4. The van der Waals surface area contributed by atoms with Crippen molar-refractivity contribution in [3.8, 4) is 11.5 Å². The van der Waals surface area contributed by atoms with E-state index >= 15 is 0 Å². The second-order valence-electron chi connectivity index (χ2n) is 47.3. The standard InChI is InChI=1S/C22H30O3.C21H30O3.C20H27NO3.C19H30OS.C18H22O2.C13H16N2O2/c1-13-11-16-17(20(3)8-5-15(24)12-19(13)20)6-9-21(4)18(16)7-10-22(21,25)14(2)23;1-12-10-16-15-7-9-21(24,13(2)22)18(15)5-4-17(16)20(3)8-6-14(23)11-19(12)20;1-18-8-7-13-11(12(18)4-5-15(18)22)6-9-20-17(24-20)16(23)14(21-3)10-19(13,20)2;1-18-8-7-14-12(13(18)5-6-17(18)20)4-3-11-9-15-16(21-15)10-19(11,14)2;1-3-17(13-5-9-15(19)10-6-13)18(4-2)14-7-11-16(20)12-8-14;1-2-13(8-7-11(16)15-12(13)17)9-3-5-10(14)6-4-9/h11-12,16-18,25H,5-10H2,1-4H3;11-12,15-18,24H,4-10H2,1-3H3;11-13,15,17,22-23H,4-10H2,1-2H3;11-17,20H,3-10H2,1-2H3;5-12,17-20H,3-4H2,1-2H3;3-6H,2,7-8,14H2,1H3,(H,15,16,17). The van der Waals surface area contributed by atoms with Crippen LogP contribution in [0.3, 0.4) is 0 Å². The van der Waals surface area contributed by atoms with Gasteiger partial charge >= 0.3 is 0 Å². The van der Waals surface area contributed by atoms with Gasteiger partial charge in [-0.05, 0) is 417 Å². The first-order chi connectivity index (χ1) is 62.0. The summed E-state index contributed by atoms with van der Waals surface area (Å²) in [5.41, 5.74) is 11.9. The van der Waals surface area contributed by atoms with Crippen LogP contribution in [0.2, 0.25) is 0 Å². The lowest BCUT2D eigenvalue weighted by molar-refractivity contribution is -0.156. The number of aliphatic hydroxyl groups excluding tert-OH is 3. The normalized spacial score (nSPS) is 45.0. The molecule has 0 radical (unpaired) electrons. The molecule has 712 valence electrons. The number of nitrogens with zero attached hydrogens (tertiary/aromatic N) is 1. The van der Waals surface area contributed by atoms with Crippen LogP contribution in [0.1, 0.15) is 337 Å². The van der Waals surface area contributed by atoms with Crippen molar-refractivity contribution in [3.05, 3.63) is 147 Å². The van der Waals surface area contributed by atoms with Gasteiger partial charge in [0.15, 0.2) is 23.1 Å². The van der Waals surface area contributed by atoms with Crippen LogP contribution in [0.5, 0.6) is 11.5 Å². The molecule has 33 unspecified atom stereocenters. The number of aliphatic hydroxyl groups is 5.